The Morgan fingerprint density at radius 1 is 1.57 bits per heavy atom. The van der Waals surface area contributed by atoms with Gasteiger partial charge in [0.15, 0.2) is 0 Å². The minimum absolute atomic E-state index is 0.0425. The molecule has 0 aromatic carbocycles. The molecule has 126 valence electrons. The molecule has 1 unspecified atom stereocenters. The zero-order valence-electron chi connectivity index (χ0n) is 13.3. The molecular weight excluding hydrogens is 318 g/mol. The van der Waals surface area contributed by atoms with Gasteiger partial charge in [-0.2, -0.15) is 0 Å². The monoisotopic (exact) mass is 339 g/mol. The number of amides is 1. The van der Waals surface area contributed by atoms with Crippen LogP contribution in [-0.2, 0) is 16.1 Å². The smallest absolute Gasteiger partial charge is 0.233 e. The second-order valence-corrected chi connectivity index (χ2v) is 6.11. The van der Waals surface area contributed by atoms with Crippen molar-refractivity contribution in [1.29, 1.82) is 0 Å². The van der Waals surface area contributed by atoms with Gasteiger partial charge in [-0.3, -0.25) is 4.79 Å². The van der Waals surface area contributed by atoms with Crippen molar-refractivity contribution in [3.63, 3.8) is 0 Å². The maximum absolute atomic E-state index is 12.1. The molecule has 2 aromatic rings. The van der Waals surface area contributed by atoms with Gasteiger partial charge < -0.3 is 14.5 Å². The predicted octanol–water partition coefficient (Wildman–Crippen LogP) is 1.34. The summed E-state index contributed by atoms with van der Waals surface area (Å²) in [6, 6.07) is 3.66. The van der Waals surface area contributed by atoms with E-state index in [1.54, 1.807) is 10.9 Å². The Morgan fingerprint density at radius 2 is 2.43 bits per heavy atom. The van der Waals surface area contributed by atoms with Crippen LogP contribution in [0.4, 0.5) is 0 Å². The van der Waals surface area contributed by atoms with Crippen molar-refractivity contribution in [2.24, 2.45) is 0 Å². The normalized spacial score (nSPS) is 12.3. The second-order valence-electron chi connectivity index (χ2n) is 4.80. The Bertz CT molecular complexity index is 587. The minimum atomic E-state index is -0.288. The first kappa shape index (κ1) is 17.5. The maximum Gasteiger partial charge on any atom is 0.233 e. The van der Waals surface area contributed by atoms with E-state index in [9.17, 15) is 4.79 Å². The lowest BCUT2D eigenvalue weighted by Gasteiger charge is -2.11. The first-order chi connectivity index (χ1) is 11.2. The van der Waals surface area contributed by atoms with Gasteiger partial charge in [0.05, 0.1) is 11.5 Å². The standard InChI is InChI=1S/C14H21N5O3S/c1-3-21-8-5-7-15-13(20)11(2)23-14-16-17-18-19(14)10-12-6-4-9-22-12/h4,6,9,11H,3,5,7-8,10H2,1-2H3,(H,15,20). The fourth-order valence-corrected chi connectivity index (χ4v) is 2.63. The number of hydrogen-bond acceptors (Lipinski definition) is 7. The zero-order chi connectivity index (χ0) is 16.5. The third-order valence-corrected chi connectivity index (χ3v) is 4.08. The van der Waals surface area contributed by atoms with Gasteiger partial charge >= 0.3 is 0 Å². The molecule has 2 aromatic heterocycles. The number of thioether (sulfide) groups is 1. The summed E-state index contributed by atoms with van der Waals surface area (Å²) < 4.78 is 12.1. The van der Waals surface area contributed by atoms with Crippen molar-refractivity contribution in [1.82, 2.24) is 25.5 Å². The second kappa shape index (κ2) is 9.31. The Hall–Kier alpha value is -1.87. The third-order valence-electron chi connectivity index (χ3n) is 3.00. The van der Waals surface area contributed by atoms with Crippen LogP contribution in [0.2, 0.25) is 0 Å². The van der Waals surface area contributed by atoms with E-state index >= 15 is 0 Å². The average molecular weight is 339 g/mol. The highest BCUT2D eigenvalue weighted by Gasteiger charge is 2.18. The summed E-state index contributed by atoms with van der Waals surface area (Å²) in [6.07, 6.45) is 2.40. The molecule has 2 heterocycles. The van der Waals surface area contributed by atoms with Gasteiger partial charge in [-0.1, -0.05) is 11.8 Å². The van der Waals surface area contributed by atoms with Crippen molar-refractivity contribution in [3.8, 4) is 0 Å². The number of tetrazole rings is 1. The largest absolute Gasteiger partial charge is 0.467 e. The van der Waals surface area contributed by atoms with Crippen LogP contribution in [-0.4, -0.2) is 51.1 Å². The molecule has 8 nitrogen and oxygen atoms in total. The molecule has 23 heavy (non-hydrogen) atoms. The molecule has 0 saturated carbocycles. The molecule has 9 heteroatoms. The van der Waals surface area contributed by atoms with E-state index in [0.29, 0.717) is 31.5 Å². The fourth-order valence-electron chi connectivity index (χ4n) is 1.82. The van der Waals surface area contributed by atoms with E-state index in [1.165, 1.54) is 11.8 Å². The van der Waals surface area contributed by atoms with Gasteiger partial charge in [-0.05, 0) is 42.8 Å². The van der Waals surface area contributed by atoms with Crippen LogP contribution in [0.1, 0.15) is 26.0 Å². The van der Waals surface area contributed by atoms with Crippen molar-refractivity contribution >= 4 is 17.7 Å². The van der Waals surface area contributed by atoms with Gasteiger partial charge in [-0.25, -0.2) is 4.68 Å². The molecule has 1 amide bonds. The predicted molar refractivity (Wildman–Crippen MR) is 85.1 cm³/mol. The maximum atomic E-state index is 12.1. The van der Waals surface area contributed by atoms with E-state index in [-0.39, 0.29) is 11.2 Å². The molecule has 0 radical (unpaired) electrons. The number of carbonyl (C=O) groups is 1. The molecule has 0 spiro atoms. The van der Waals surface area contributed by atoms with Crippen molar-refractivity contribution in [2.75, 3.05) is 19.8 Å². The first-order valence-electron chi connectivity index (χ1n) is 7.51. The number of aromatic nitrogens is 4. The highest BCUT2D eigenvalue weighted by atomic mass is 32.2. The molecular formula is C14H21N5O3S. The molecule has 0 aliphatic heterocycles. The summed E-state index contributed by atoms with van der Waals surface area (Å²) in [7, 11) is 0. The van der Waals surface area contributed by atoms with E-state index in [0.717, 1.165) is 12.2 Å². The number of carbonyl (C=O) groups excluding carboxylic acids is 1. The first-order valence-corrected chi connectivity index (χ1v) is 8.39. The summed E-state index contributed by atoms with van der Waals surface area (Å²) in [6.45, 7) is 6.16. The Labute approximate surface area is 138 Å². The minimum Gasteiger partial charge on any atom is -0.467 e. The van der Waals surface area contributed by atoms with E-state index in [1.807, 2.05) is 26.0 Å². The van der Waals surface area contributed by atoms with E-state index in [4.69, 9.17) is 9.15 Å². The quantitative estimate of drug-likeness (QED) is 0.515. The lowest BCUT2D eigenvalue weighted by atomic mass is 10.4. The SMILES string of the molecule is CCOCCCNC(=O)C(C)Sc1nnnn1Cc1ccco1. The number of nitrogens with zero attached hydrogens (tertiary/aromatic N) is 4. The van der Waals surface area contributed by atoms with E-state index < -0.39 is 0 Å². The summed E-state index contributed by atoms with van der Waals surface area (Å²) in [5.41, 5.74) is 0. The summed E-state index contributed by atoms with van der Waals surface area (Å²) in [5.74, 6) is 0.714. The number of furan rings is 1. The average Bonchev–Trinajstić information content (AvgIpc) is 3.20. The van der Waals surface area contributed by atoms with Crippen LogP contribution in [0.15, 0.2) is 28.0 Å². The molecule has 0 aliphatic rings. The molecule has 0 bridgehead atoms. The van der Waals surface area contributed by atoms with Gasteiger partial charge in [0.25, 0.3) is 0 Å². The molecule has 0 aliphatic carbocycles. The highest BCUT2D eigenvalue weighted by molar-refractivity contribution is 8.00. The van der Waals surface area contributed by atoms with Crippen molar-refractivity contribution in [2.45, 2.75) is 37.2 Å². The lowest BCUT2D eigenvalue weighted by molar-refractivity contribution is -0.120. The third kappa shape index (κ3) is 5.68. The van der Waals surface area contributed by atoms with Gasteiger partial charge in [-0.15, -0.1) is 5.10 Å². The topological polar surface area (TPSA) is 95.1 Å². The lowest BCUT2D eigenvalue weighted by Crippen LogP contribution is -2.32. The Kier molecular flexibility index (Phi) is 7.08. The van der Waals surface area contributed by atoms with Crippen LogP contribution in [0.5, 0.6) is 0 Å². The number of ether oxygens (including phenoxy) is 1. The van der Waals surface area contributed by atoms with Crippen LogP contribution < -0.4 is 5.32 Å². The van der Waals surface area contributed by atoms with Crippen molar-refractivity contribution < 1.29 is 13.9 Å². The Morgan fingerprint density at radius 3 is 3.17 bits per heavy atom. The summed E-state index contributed by atoms with van der Waals surface area (Å²) in [4.78, 5) is 12.1. The van der Waals surface area contributed by atoms with Crippen molar-refractivity contribution in [3.05, 3.63) is 24.2 Å². The van der Waals surface area contributed by atoms with Crippen LogP contribution in [0, 0.1) is 0 Å². The highest BCUT2D eigenvalue weighted by Crippen LogP contribution is 2.20. The molecule has 1 N–H and O–H groups in total. The van der Waals surface area contributed by atoms with Crippen LogP contribution >= 0.6 is 11.8 Å². The number of rotatable bonds is 10. The Balaban J connectivity index is 1.79. The van der Waals surface area contributed by atoms with E-state index in [2.05, 4.69) is 20.8 Å². The van der Waals surface area contributed by atoms with Gasteiger partial charge in [0.2, 0.25) is 11.1 Å². The molecule has 0 saturated heterocycles. The summed E-state index contributed by atoms with van der Waals surface area (Å²) >= 11 is 1.32. The number of nitrogens with one attached hydrogen (secondary N) is 1. The van der Waals surface area contributed by atoms with Gasteiger partial charge in [0, 0.05) is 19.8 Å². The number of hydrogen-bond donors (Lipinski definition) is 1. The van der Waals surface area contributed by atoms with Crippen LogP contribution in [0.3, 0.4) is 0 Å². The zero-order valence-corrected chi connectivity index (χ0v) is 14.1. The summed E-state index contributed by atoms with van der Waals surface area (Å²) in [5, 5.41) is 14.7. The molecule has 2 rings (SSSR count). The van der Waals surface area contributed by atoms with Crippen LogP contribution in [0.25, 0.3) is 0 Å². The molecule has 0 fully saturated rings. The van der Waals surface area contributed by atoms with Gasteiger partial charge in [0.1, 0.15) is 12.3 Å². The molecule has 1 atom stereocenters. The fraction of sp³-hybridized carbons (Fsp3) is 0.571.